The van der Waals surface area contributed by atoms with Gasteiger partial charge in [-0.2, -0.15) is 0 Å². The summed E-state index contributed by atoms with van der Waals surface area (Å²) in [5, 5.41) is 0. The second-order valence-corrected chi connectivity index (χ2v) is 4.32. The van der Waals surface area contributed by atoms with Crippen LogP contribution >= 0.6 is 0 Å². The molecule has 0 atom stereocenters. The van der Waals surface area contributed by atoms with Gasteiger partial charge < -0.3 is 15.2 Å². The molecule has 0 aromatic heterocycles. The largest absolute Gasteiger partial charge is 0.454 e. The average molecular weight is 229 g/mol. The number of hydrogen-bond acceptors (Lipinski definition) is 3. The van der Waals surface area contributed by atoms with Crippen LogP contribution in [0.4, 0.5) is 8.78 Å². The Bertz CT molecular complexity index is 413. The van der Waals surface area contributed by atoms with E-state index in [1.807, 2.05) is 0 Å². The van der Waals surface area contributed by atoms with Crippen LogP contribution in [0.15, 0.2) is 12.1 Å². The quantitative estimate of drug-likeness (QED) is 0.847. The standard InChI is InChI=1S/C11H13F2NO2/c1-11(2,14)7-3-6(10(12)13)4-8-9(7)16-5-15-8/h3-4,10H,5,14H2,1-2H3. The number of hydrogen-bond donors (Lipinski definition) is 1. The number of ether oxygens (including phenoxy) is 2. The van der Waals surface area contributed by atoms with Gasteiger partial charge in [0.05, 0.1) is 0 Å². The van der Waals surface area contributed by atoms with Gasteiger partial charge in [-0.1, -0.05) is 0 Å². The number of nitrogens with two attached hydrogens (primary N) is 1. The molecule has 0 bridgehead atoms. The summed E-state index contributed by atoms with van der Waals surface area (Å²) in [6, 6.07) is 2.67. The molecule has 16 heavy (non-hydrogen) atoms. The summed E-state index contributed by atoms with van der Waals surface area (Å²) in [5.41, 5.74) is 5.61. The van der Waals surface area contributed by atoms with E-state index in [2.05, 4.69) is 0 Å². The number of fused-ring (bicyclic) bond motifs is 1. The summed E-state index contributed by atoms with van der Waals surface area (Å²) in [5.74, 6) is 0.809. The van der Waals surface area contributed by atoms with Crippen molar-refractivity contribution in [2.24, 2.45) is 5.73 Å². The van der Waals surface area contributed by atoms with Crippen LogP contribution in [0.3, 0.4) is 0 Å². The Hall–Kier alpha value is -1.36. The normalized spacial score (nSPS) is 14.6. The molecule has 0 saturated heterocycles. The van der Waals surface area contributed by atoms with Gasteiger partial charge in [-0.3, -0.25) is 0 Å². The lowest BCUT2D eigenvalue weighted by molar-refractivity contribution is 0.150. The highest BCUT2D eigenvalue weighted by Crippen LogP contribution is 2.42. The first-order valence-corrected chi connectivity index (χ1v) is 4.90. The topological polar surface area (TPSA) is 44.5 Å². The molecular formula is C11H13F2NO2. The first-order chi connectivity index (χ1) is 7.39. The van der Waals surface area contributed by atoms with E-state index < -0.39 is 12.0 Å². The van der Waals surface area contributed by atoms with Crippen molar-refractivity contribution < 1.29 is 18.3 Å². The second-order valence-electron chi connectivity index (χ2n) is 4.32. The lowest BCUT2D eigenvalue weighted by atomic mass is 9.92. The Morgan fingerprint density at radius 2 is 2.00 bits per heavy atom. The van der Waals surface area contributed by atoms with Crippen molar-refractivity contribution >= 4 is 0 Å². The van der Waals surface area contributed by atoms with Crippen LogP contribution < -0.4 is 15.2 Å². The molecule has 0 amide bonds. The summed E-state index contributed by atoms with van der Waals surface area (Å²) in [6.45, 7) is 3.52. The smallest absolute Gasteiger partial charge is 0.263 e. The first kappa shape index (κ1) is 11.1. The zero-order valence-corrected chi connectivity index (χ0v) is 9.09. The maximum Gasteiger partial charge on any atom is 0.263 e. The molecule has 0 unspecified atom stereocenters. The molecule has 0 aliphatic carbocycles. The maximum atomic E-state index is 12.7. The zero-order chi connectivity index (χ0) is 11.9. The Morgan fingerprint density at radius 1 is 1.31 bits per heavy atom. The fourth-order valence-electron chi connectivity index (χ4n) is 1.64. The van der Waals surface area contributed by atoms with E-state index in [4.69, 9.17) is 15.2 Å². The molecule has 5 heteroatoms. The molecular weight excluding hydrogens is 216 g/mol. The predicted octanol–water partition coefficient (Wildman–Crippen LogP) is 2.55. The first-order valence-electron chi connectivity index (χ1n) is 4.90. The van der Waals surface area contributed by atoms with Crippen LogP contribution in [0.2, 0.25) is 0 Å². The molecule has 0 spiro atoms. The third-order valence-corrected chi connectivity index (χ3v) is 2.44. The van der Waals surface area contributed by atoms with E-state index in [1.165, 1.54) is 12.1 Å². The zero-order valence-electron chi connectivity index (χ0n) is 9.09. The van der Waals surface area contributed by atoms with Crippen molar-refractivity contribution in [3.8, 4) is 11.5 Å². The summed E-state index contributed by atoms with van der Waals surface area (Å²) >= 11 is 0. The molecule has 1 aromatic rings. The van der Waals surface area contributed by atoms with Gasteiger partial charge in [0.2, 0.25) is 6.79 Å². The van der Waals surface area contributed by atoms with Crippen molar-refractivity contribution in [2.45, 2.75) is 25.8 Å². The van der Waals surface area contributed by atoms with Crippen molar-refractivity contribution in [3.63, 3.8) is 0 Å². The third kappa shape index (κ3) is 1.82. The molecule has 88 valence electrons. The highest BCUT2D eigenvalue weighted by Gasteiger charge is 2.28. The van der Waals surface area contributed by atoms with E-state index in [0.29, 0.717) is 17.1 Å². The van der Waals surface area contributed by atoms with E-state index in [9.17, 15) is 8.78 Å². The van der Waals surface area contributed by atoms with Gasteiger partial charge in [-0.25, -0.2) is 8.78 Å². The van der Waals surface area contributed by atoms with Gasteiger partial charge in [-0.15, -0.1) is 0 Å². The van der Waals surface area contributed by atoms with Gasteiger partial charge in [0, 0.05) is 16.7 Å². The molecule has 1 aliphatic heterocycles. The van der Waals surface area contributed by atoms with Gasteiger partial charge in [0.25, 0.3) is 6.43 Å². The summed E-state index contributed by atoms with van der Waals surface area (Å²) in [6.07, 6.45) is -2.55. The van der Waals surface area contributed by atoms with Crippen molar-refractivity contribution in [2.75, 3.05) is 6.79 Å². The fourth-order valence-corrected chi connectivity index (χ4v) is 1.64. The van der Waals surface area contributed by atoms with E-state index in [1.54, 1.807) is 13.8 Å². The van der Waals surface area contributed by atoms with Crippen molar-refractivity contribution in [1.82, 2.24) is 0 Å². The fraction of sp³-hybridized carbons (Fsp3) is 0.455. The van der Waals surface area contributed by atoms with E-state index in [0.717, 1.165) is 0 Å². The lowest BCUT2D eigenvalue weighted by Crippen LogP contribution is -2.29. The van der Waals surface area contributed by atoms with Gasteiger partial charge in [-0.05, 0) is 26.0 Å². The molecule has 0 saturated carbocycles. The van der Waals surface area contributed by atoms with E-state index >= 15 is 0 Å². The van der Waals surface area contributed by atoms with Crippen LogP contribution in [0.25, 0.3) is 0 Å². The Kier molecular flexibility index (Phi) is 2.50. The average Bonchev–Trinajstić information content (AvgIpc) is 2.61. The summed E-state index contributed by atoms with van der Waals surface area (Å²) < 4.78 is 35.7. The minimum atomic E-state index is -2.55. The van der Waals surface area contributed by atoms with Crippen LogP contribution in [0, 0.1) is 0 Å². The Morgan fingerprint density at radius 3 is 2.56 bits per heavy atom. The van der Waals surface area contributed by atoms with Crippen molar-refractivity contribution in [3.05, 3.63) is 23.3 Å². The molecule has 1 heterocycles. The van der Waals surface area contributed by atoms with E-state index in [-0.39, 0.29) is 12.4 Å². The van der Waals surface area contributed by atoms with Gasteiger partial charge in [0.1, 0.15) is 0 Å². The molecule has 1 aliphatic rings. The number of benzene rings is 1. The van der Waals surface area contributed by atoms with Crippen LogP contribution in [0.5, 0.6) is 11.5 Å². The number of rotatable bonds is 2. The van der Waals surface area contributed by atoms with Gasteiger partial charge in [0.15, 0.2) is 11.5 Å². The van der Waals surface area contributed by atoms with Crippen LogP contribution in [-0.2, 0) is 5.54 Å². The molecule has 2 N–H and O–H groups in total. The second kappa shape index (κ2) is 3.59. The van der Waals surface area contributed by atoms with Crippen LogP contribution in [0.1, 0.15) is 31.4 Å². The van der Waals surface area contributed by atoms with Crippen molar-refractivity contribution in [1.29, 1.82) is 0 Å². The minimum absolute atomic E-state index is 0.0467. The highest BCUT2D eigenvalue weighted by molar-refractivity contribution is 5.53. The molecule has 3 nitrogen and oxygen atoms in total. The number of halogens is 2. The lowest BCUT2D eigenvalue weighted by Gasteiger charge is -2.21. The highest BCUT2D eigenvalue weighted by atomic mass is 19.3. The number of alkyl halides is 2. The summed E-state index contributed by atoms with van der Waals surface area (Å²) in [7, 11) is 0. The predicted molar refractivity (Wildman–Crippen MR) is 54.7 cm³/mol. The van der Waals surface area contributed by atoms with Gasteiger partial charge >= 0.3 is 0 Å². The third-order valence-electron chi connectivity index (χ3n) is 2.44. The van der Waals surface area contributed by atoms with Crippen LogP contribution in [-0.4, -0.2) is 6.79 Å². The molecule has 0 fully saturated rings. The maximum absolute atomic E-state index is 12.7. The SMILES string of the molecule is CC(C)(N)c1cc(C(F)F)cc2c1OCO2. The Balaban J connectivity index is 2.58. The molecule has 2 rings (SSSR count). The minimum Gasteiger partial charge on any atom is -0.454 e. The molecule has 1 aromatic carbocycles. The Labute approximate surface area is 92.1 Å². The molecule has 0 radical (unpaired) electrons. The monoisotopic (exact) mass is 229 g/mol. The summed E-state index contributed by atoms with van der Waals surface area (Å²) in [4.78, 5) is 0.